The summed E-state index contributed by atoms with van der Waals surface area (Å²) in [6, 6.07) is 4.75. The van der Waals surface area contributed by atoms with Crippen LogP contribution in [0.1, 0.15) is 22.8 Å². The zero-order valence-corrected chi connectivity index (χ0v) is 11.0. The van der Waals surface area contributed by atoms with Crippen LogP contribution in [-0.2, 0) is 4.79 Å². The maximum atomic E-state index is 12.2. The predicted octanol–water partition coefficient (Wildman–Crippen LogP) is 1.49. The highest BCUT2D eigenvalue weighted by Gasteiger charge is 2.37. The summed E-state index contributed by atoms with van der Waals surface area (Å²) in [5, 5.41) is 18.7. The molecule has 1 aromatic rings. The summed E-state index contributed by atoms with van der Waals surface area (Å²) in [5.74, 6) is -1.59. The molecule has 5 nitrogen and oxygen atoms in total. The summed E-state index contributed by atoms with van der Waals surface area (Å²) in [6.45, 7) is 4.25. The zero-order valence-electron chi connectivity index (χ0n) is 11.0. The van der Waals surface area contributed by atoms with Gasteiger partial charge in [-0.15, -0.1) is 0 Å². The normalized spacial score (nSPS) is 22.5. The van der Waals surface area contributed by atoms with Crippen molar-refractivity contribution in [3.05, 3.63) is 29.3 Å². The number of hydrogen-bond donors (Lipinski definition) is 2. The molecule has 0 aromatic heterocycles. The Morgan fingerprint density at radius 3 is 2.53 bits per heavy atom. The molecule has 0 spiro atoms. The highest BCUT2D eigenvalue weighted by Crippen LogP contribution is 2.26. The first kappa shape index (κ1) is 13.4. The maximum Gasteiger partial charge on any atom is 0.308 e. The smallest absolute Gasteiger partial charge is 0.308 e. The van der Waals surface area contributed by atoms with Crippen molar-refractivity contribution in [1.29, 1.82) is 0 Å². The quantitative estimate of drug-likeness (QED) is 0.847. The first-order chi connectivity index (χ1) is 8.90. The van der Waals surface area contributed by atoms with Crippen molar-refractivity contribution >= 4 is 11.9 Å². The number of carboxylic acids is 1. The highest BCUT2D eigenvalue weighted by molar-refractivity contribution is 5.95. The summed E-state index contributed by atoms with van der Waals surface area (Å²) >= 11 is 0. The molecule has 102 valence electrons. The minimum absolute atomic E-state index is 0.0551. The van der Waals surface area contributed by atoms with Gasteiger partial charge in [-0.25, -0.2) is 0 Å². The van der Waals surface area contributed by atoms with Gasteiger partial charge >= 0.3 is 5.97 Å². The Bertz CT molecular complexity index is 526. The number of carboxylic acid groups (broad SMARTS) is 1. The van der Waals surface area contributed by atoms with Crippen molar-refractivity contribution in [3.8, 4) is 5.75 Å². The number of hydrogen-bond acceptors (Lipinski definition) is 3. The number of carbonyl (C=O) groups excluding carboxylic acids is 1. The lowest BCUT2D eigenvalue weighted by molar-refractivity contribution is -0.142. The molecule has 1 saturated heterocycles. The lowest BCUT2D eigenvalue weighted by Gasteiger charge is -2.16. The van der Waals surface area contributed by atoms with Crippen LogP contribution in [0.3, 0.4) is 0 Å². The molecular formula is C14H17NO4. The van der Waals surface area contributed by atoms with E-state index < -0.39 is 11.9 Å². The van der Waals surface area contributed by atoms with Gasteiger partial charge in [0.1, 0.15) is 5.75 Å². The van der Waals surface area contributed by atoms with Gasteiger partial charge in [0.15, 0.2) is 0 Å². The van der Waals surface area contributed by atoms with E-state index in [9.17, 15) is 14.7 Å². The molecule has 1 fully saturated rings. The van der Waals surface area contributed by atoms with E-state index in [1.54, 1.807) is 19.1 Å². The molecule has 5 heteroatoms. The number of aliphatic carboxylic acids is 1. The Hall–Kier alpha value is -2.04. The molecule has 1 aromatic carbocycles. The number of amides is 1. The molecule has 1 aliphatic rings. The average Bonchev–Trinajstić information content (AvgIpc) is 2.74. The van der Waals surface area contributed by atoms with E-state index >= 15 is 0 Å². The van der Waals surface area contributed by atoms with Gasteiger partial charge in [-0.1, -0.05) is 13.0 Å². The van der Waals surface area contributed by atoms with E-state index in [1.807, 2.05) is 6.92 Å². The van der Waals surface area contributed by atoms with Gasteiger partial charge in [0.05, 0.1) is 5.92 Å². The molecule has 2 rings (SSSR count). The summed E-state index contributed by atoms with van der Waals surface area (Å²) in [6.07, 6.45) is 0. The largest absolute Gasteiger partial charge is 0.508 e. The summed E-state index contributed by atoms with van der Waals surface area (Å²) in [7, 11) is 0. The SMILES string of the molecule is Cc1ccc(C(=O)N2CC(C)C(C(=O)O)C2)cc1O. The fraction of sp³-hybridized carbons (Fsp3) is 0.429. The van der Waals surface area contributed by atoms with Crippen LogP contribution in [0.4, 0.5) is 0 Å². The van der Waals surface area contributed by atoms with Crippen molar-refractivity contribution in [3.63, 3.8) is 0 Å². The molecule has 1 aliphatic heterocycles. The summed E-state index contributed by atoms with van der Waals surface area (Å²) < 4.78 is 0. The van der Waals surface area contributed by atoms with Crippen LogP contribution in [0.5, 0.6) is 5.75 Å². The van der Waals surface area contributed by atoms with Gasteiger partial charge < -0.3 is 15.1 Å². The second-order valence-electron chi connectivity index (χ2n) is 5.13. The van der Waals surface area contributed by atoms with Gasteiger partial charge in [0.25, 0.3) is 5.91 Å². The molecule has 2 unspecified atom stereocenters. The Labute approximate surface area is 111 Å². The summed E-state index contributed by atoms with van der Waals surface area (Å²) in [5.41, 5.74) is 1.09. The van der Waals surface area contributed by atoms with E-state index in [4.69, 9.17) is 5.11 Å². The second kappa shape index (κ2) is 4.91. The zero-order chi connectivity index (χ0) is 14.2. The van der Waals surface area contributed by atoms with Crippen LogP contribution < -0.4 is 0 Å². The first-order valence-corrected chi connectivity index (χ1v) is 6.22. The third-order valence-corrected chi connectivity index (χ3v) is 3.67. The molecular weight excluding hydrogens is 246 g/mol. The summed E-state index contributed by atoms with van der Waals surface area (Å²) in [4.78, 5) is 24.8. The number of nitrogens with zero attached hydrogens (tertiary/aromatic N) is 1. The van der Waals surface area contributed by atoms with E-state index in [0.717, 1.165) is 0 Å². The number of aromatic hydroxyl groups is 1. The number of phenolic OH excluding ortho intramolecular Hbond substituents is 1. The van der Waals surface area contributed by atoms with Gasteiger partial charge in [-0.3, -0.25) is 9.59 Å². The Morgan fingerprint density at radius 1 is 1.32 bits per heavy atom. The van der Waals surface area contributed by atoms with Gasteiger partial charge in [-0.05, 0) is 30.5 Å². The van der Waals surface area contributed by atoms with E-state index in [1.165, 1.54) is 11.0 Å². The van der Waals surface area contributed by atoms with Gasteiger partial charge in [0.2, 0.25) is 0 Å². The first-order valence-electron chi connectivity index (χ1n) is 6.22. The average molecular weight is 263 g/mol. The standard InChI is InChI=1S/C14H17NO4/c1-8-3-4-10(5-12(8)16)13(17)15-6-9(2)11(7-15)14(18)19/h3-5,9,11,16H,6-7H2,1-2H3,(H,18,19). The fourth-order valence-corrected chi connectivity index (χ4v) is 2.38. The number of phenols is 1. The Balaban J connectivity index is 2.17. The van der Waals surface area contributed by atoms with Gasteiger partial charge in [0, 0.05) is 18.7 Å². The molecule has 1 heterocycles. The van der Waals surface area contributed by atoms with Crippen molar-refractivity contribution in [2.45, 2.75) is 13.8 Å². The molecule has 0 saturated carbocycles. The lowest BCUT2D eigenvalue weighted by Crippen LogP contribution is -2.29. The fourth-order valence-electron chi connectivity index (χ4n) is 2.38. The minimum Gasteiger partial charge on any atom is -0.508 e. The molecule has 2 N–H and O–H groups in total. The van der Waals surface area contributed by atoms with Crippen molar-refractivity contribution < 1.29 is 19.8 Å². The van der Waals surface area contributed by atoms with E-state index in [0.29, 0.717) is 17.7 Å². The number of aryl methyl sites for hydroxylation is 1. The molecule has 2 atom stereocenters. The number of likely N-dealkylation sites (tertiary alicyclic amines) is 1. The molecule has 0 aliphatic carbocycles. The molecule has 1 amide bonds. The monoisotopic (exact) mass is 263 g/mol. The van der Waals surface area contributed by atoms with Crippen LogP contribution >= 0.6 is 0 Å². The molecule has 19 heavy (non-hydrogen) atoms. The number of rotatable bonds is 2. The Kier molecular flexibility index (Phi) is 3.46. The minimum atomic E-state index is -0.866. The van der Waals surface area contributed by atoms with E-state index in [2.05, 4.69) is 0 Å². The maximum absolute atomic E-state index is 12.2. The van der Waals surface area contributed by atoms with Crippen LogP contribution in [0, 0.1) is 18.8 Å². The van der Waals surface area contributed by atoms with Crippen molar-refractivity contribution in [1.82, 2.24) is 4.90 Å². The topological polar surface area (TPSA) is 77.8 Å². The van der Waals surface area contributed by atoms with Crippen LogP contribution in [0.2, 0.25) is 0 Å². The number of benzene rings is 1. The van der Waals surface area contributed by atoms with Crippen LogP contribution in [0.25, 0.3) is 0 Å². The van der Waals surface area contributed by atoms with Gasteiger partial charge in [-0.2, -0.15) is 0 Å². The third-order valence-electron chi connectivity index (χ3n) is 3.67. The third kappa shape index (κ3) is 2.54. The number of carbonyl (C=O) groups is 2. The van der Waals surface area contributed by atoms with Crippen LogP contribution in [-0.4, -0.2) is 40.1 Å². The van der Waals surface area contributed by atoms with Crippen molar-refractivity contribution in [2.75, 3.05) is 13.1 Å². The second-order valence-corrected chi connectivity index (χ2v) is 5.13. The Morgan fingerprint density at radius 2 is 2.00 bits per heavy atom. The molecule has 0 radical (unpaired) electrons. The van der Waals surface area contributed by atoms with E-state index in [-0.39, 0.29) is 24.1 Å². The molecule has 0 bridgehead atoms. The van der Waals surface area contributed by atoms with Crippen LogP contribution in [0.15, 0.2) is 18.2 Å². The van der Waals surface area contributed by atoms with Crippen molar-refractivity contribution in [2.24, 2.45) is 11.8 Å². The predicted molar refractivity (Wildman–Crippen MR) is 69.0 cm³/mol. The lowest BCUT2D eigenvalue weighted by atomic mass is 9.99. The highest BCUT2D eigenvalue weighted by atomic mass is 16.4.